The summed E-state index contributed by atoms with van der Waals surface area (Å²) in [6.07, 6.45) is 6.68. The van der Waals surface area contributed by atoms with Gasteiger partial charge in [0.1, 0.15) is 5.67 Å². The minimum Gasteiger partial charge on any atom is -0.327 e. The van der Waals surface area contributed by atoms with E-state index in [1.54, 1.807) is 0 Å². The van der Waals surface area contributed by atoms with Crippen LogP contribution in [0, 0.1) is 5.92 Å². The van der Waals surface area contributed by atoms with E-state index in [9.17, 15) is 4.39 Å². The molecule has 0 aromatic rings. The predicted octanol–water partition coefficient (Wildman–Crippen LogP) is 1.58. The quantitative estimate of drug-likeness (QED) is 0.703. The number of halogens is 1. The Morgan fingerprint density at radius 2 is 1.62 bits per heavy atom. The van der Waals surface area contributed by atoms with Gasteiger partial charge in [-0.15, -0.1) is 0 Å². The van der Waals surface area contributed by atoms with Gasteiger partial charge < -0.3 is 11.5 Å². The second-order valence-electron chi connectivity index (χ2n) is 4.27. The van der Waals surface area contributed by atoms with E-state index < -0.39 is 5.67 Å². The zero-order chi connectivity index (χ0) is 9.73. The van der Waals surface area contributed by atoms with Gasteiger partial charge in [-0.3, -0.25) is 0 Å². The van der Waals surface area contributed by atoms with Crippen molar-refractivity contribution in [2.45, 2.75) is 44.2 Å². The van der Waals surface area contributed by atoms with Gasteiger partial charge in [0.05, 0.1) is 0 Å². The average molecular weight is 188 g/mol. The van der Waals surface area contributed by atoms with Gasteiger partial charge in [0.2, 0.25) is 0 Å². The molecule has 1 fully saturated rings. The molecule has 3 heteroatoms. The number of alkyl halides is 1. The van der Waals surface area contributed by atoms with E-state index in [1.807, 2.05) is 0 Å². The lowest BCUT2D eigenvalue weighted by molar-refractivity contribution is 0.126. The minimum atomic E-state index is -1.30. The maximum atomic E-state index is 13.8. The minimum absolute atomic E-state index is 0.0694. The predicted molar refractivity (Wildman–Crippen MR) is 53.1 cm³/mol. The molecule has 0 radical (unpaired) electrons. The van der Waals surface area contributed by atoms with Crippen LogP contribution in [0.25, 0.3) is 0 Å². The normalized spacial score (nSPS) is 20.5. The summed E-state index contributed by atoms with van der Waals surface area (Å²) in [6.45, 7) is 0.139. The molecule has 0 bridgehead atoms. The summed E-state index contributed by atoms with van der Waals surface area (Å²) in [7, 11) is 0. The second-order valence-corrected chi connectivity index (χ2v) is 4.27. The van der Waals surface area contributed by atoms with E-state index in [2.05, 4.69) is 0 Å². The van der Waals surface area contributed by atoms with Crippen LogP contribution in [0.15, 0.2) is 0 Å². The summed E-state index contributed by atoms with van der Waals surface area (Å²) in [5, 5.41) is 0. The number of rotatable bonds is 4. The first-order valence-corrected chi connectivity index (χ1v) is 5.29. The molecular formula is C10H21FN2. The summed E-state index contributed by atoms with van der Waals surface area (Å²) in [4.78, 5) is 0. The van der Waals surface area contributed by atoms with E-state index in [-0.39, 0.29) is 13.1 Å². The molecule has 0 heterocycles. The zero-order valence-electron chi connectivity index (χ0n) is 8.27. The molecule has 0 saturated heterocycles. The van der Waals surface area contributed by atoms with Crippen molar-refractivity contribution in [1.29, 1.82) is 0 Å². The molecule has 1 aliphatic carbocycles. The second kappa shape index (κ2) is 4.91. The fourth-order valence-corrected chi connectivity index (χ4v) is 2.16. The van der Waals surface area contributed by atoms with Crippen molar-refractivity contribution in [3.05, 3.63) is 0 Å². The van der Waals surface area contributed by atoms with Crippen LogP contribution in [0.5, 0.6) is 0 Å². The molecule has 1 aliphatic rings. The van der Waals surface area contributed by atoms with Gasteiger partial charge in [-0.1, -0.05) is 32.1 Å². The van der Waals surface area contributed by atoms with Gasteiger partial charge in [-0.05, 0) is 12.3 Å². The molecule has 4 N–H and O–H groups in total. The van der Waals surface area contributed by atoms with Crippen LogP contribution < -0.4 is 11.5 Å². The molecule has 0 spiro atoms. The lowest BCUT2D eigenvalue weighted by Crippen LogP contribution is -2.42. The Hall–Kier alpha value is -0.150. The van der Waals surface area contributed by atoms with E-state index in [0.29, 0.717) is 12.3 Å². The van der Waals surface area contributed by atoms with Crippen molar-refractivity contribution in [3.8, 4) is 0 Å². The van der Waals surface area contributed by atoms with Gasteiger partial charge in [0, 0.05) is 13.1 Å². The third-order valence-electron chi connectivity index (χ3n) is 3.11. The summed E-state index contributed by atoms with van der Waals surface area (Å²) in [6, 6.07) is 0. The Labute approximate surface area is 79.9 Å². The number of hydrogen-bond acceptors (Lipinski definition) is 2. The summed E-state index contributed by atoms with van der Waals surface area (Å²) in [5.41, 5.74) is 9.46. The van der Waals surface area contributed by atoms with Crippen LogP contribution in [-0.4, -0.2) is 18.8 Å². The fourth-order valence-electron chi connectivity index (χ4n) is 2.16. The first-order chi connectivity index (χ1) is 6.20. The van der Waals surface area contributed by atoms with Gasteiger partial charge in [0.25, 0.3) is 0 Å². The summed E-state index contributed by atoms with van der Waals surface area (Å²) in [5.74, 6) is 0.519. The summed E-state index contributed by atoms with van der Waals surface area (Å²) >= 11 is 0. The number of hydrogen-bond donors (Lipinski definition) is 2. The maximum Gasteiger partial charge on any atom is 0.135 e. The molecule has 1 rings (SSSR count). The highest BCUT2D eigenvalue weighted by Crippen LogP contribution is 2.31. The van der Waals surface area contributed by atoms with Crippen LogP contribution in [-0.2, 0) is 0 Å². The molecular weight excluding hydrogens is 167 g/mol. The Kier molecular flexibility index (Phi) is 4.13. The van der Waals surface area contributed by atoms with E-state index >= 15 is 0 Å². The zero-order valence-corrected chi connectivity index (χ0v) is 8.27. The van der Waals surface area contributed by atoms with Crippen LogP contribution >= 0.6 is 0 Å². The highest BCUT2D eigenvalue weighted by Gasteiger charge is 2.30. The summed E-state index contributed by atoms with van der Waals surface area (Å²) < 4.78 is 13.8. The Morgan fingerprint density at radius 3 is 2.08 bits per heavy atom. The monoisotopic (exact) mass is 188 g/mol. The van der Waals surface area contributed by atoms with Gasteiger partial charge in [0.15, 0.2) is 0 Å². The first kappa shape index (κ1) is 10.9. The van der Waals surface area contributed by atoms with Crippen molar-refractivity contribution in [2.24, 2.45) is 17.4 Å². The van der Waals surface area contributed by atoms with Gasteiger partial charge in [-0.25, -0.2) is 4.39 Å². The third-order valence-corrected chi connectivity index (χ3v) is 3.11. The third kappa shape index (κ3) is 3.24. The Bertz CT molecular complexity index is 140. The first-order valence-electron chi connectivity index (χ1n) is 5.29. The van der Waals surface area contributed by atoms with Crippen LogP contribution in [0.4, 0.5) is 4.39 Å². The van der Waals surface area contributed by atoms with E-state index in [4.69, 9.17) is 11.5 Å². The standard InChI is InChI=1S/C10H21FN2/c11-10(7-12,8-13)6-9-4-2-1-3-5-9/h9H,1-8,12-13H2. The highest BCUT2D eigenvalue weighted by atomic mass is 19.1. The van der Waals surface area contributed by atoms with Gasteiger partial charge >= 0.3 is 0 Å². The van der Waals surface area contributed by atoms with Crippen LogP contribution in [0.2, 0.25) is 0 Å². The fraction of sp³-hybridized carbons (Fsp3) is 1.00. The molecule has 0 atom stereocenters. The molecule has 13 heavy (non-hydrogen) atoms. The molecule has 1 saturated carbocycles. The maximum absolute atomic E-state index is 13.8. The average Bonchev–Trinajstić information content (AvgIpc) is 2.19. The van der Waals surface area contributed by atoms with Gasteiger partial charge in [-0.2, -0.15) is 0 Å². The van der Waals surface area contributed by atoms with Crippen molar-refractivity contribution < 1.29 is 4.39 Å². The highest BCUT2D eigenvalue weighted by molar-refractivity contribution is 4.85. The topological polar surface area (TPSA) is 52.0 Å². The molecule has 0 aromatic heterocycles. The van der Waals surface area contributed by atoms with Crippen LogP contribution in [0.1, 0.15) is 38.5 Å². The smallest absolute Gasteiger partial charge is 0.135 e. The SMILES string of the molecule is NCC(F)(CN)CC1CCCCC1. The lowest BCUT2D eigenvalue weighted by Gasteiger charge is -2.29. The molecule has 0 aromatic carbocycles. The Morgan fingerprint density at radius 1 is 1.08 bits per heavy atom. The molecule has 0 unspecified atom stereocenters. The number of nitrogens with two attached hydrogens (primary N) is 2. The molecule has 2 nitrogen and oxygen atoms in total. The van der Waals surface area contributed by atoms with Crippen molar-refractivity contribution in [2.75, 3.05) is 13.1 Å². The molecule has 0 aliphatic heterocycles. The molecule has 0 amide bonds. The van der Waals surface area contributed by atoms with E-state index in [0.717, 1.165) is 12.8 Å². The Balaban J connectivity index is 2.35. The van der Waals surface area contributed by atoms with E-state index in [1.165, 1.54) is 19.3 Å². The van der Waals surface area contributed by atoms with Crippen molar-refractivity contribution in [1.82, 2.24) is 0 Å². The largest absolute Gasteiger partial charge is 0.327 e. The van der Waals surface area contributed by atoms with Crippen molar-refractivity contribution in [3.63, 3.8) is 0 Å². The lowest BCUT2D eigenvalue weighted by atomic mass is 9.81. The van der Waals surface area contributed by atoms with Crippen molar-refractivity contribution >= 4 is 0 Å². The molecule has 78 valence electrons. The van der Waals surface area contributed by atoms with Crippen LogP contribution in [0.3, 0.4) is 0 Å².